The number of furan rings is 1. The van der Waals surface area contributed by atoms with Crippen molar-refractivity contribution in [2.75, 3.05) is 31.8 Å². The number of rotatable bonds is 11. The van der Waals surface area contributed by atoms with Gasteiger partial charge in [0.1, 0.15) is 23.6 Å². The van der Waals surface area contributed by atoms with Crippen LogP contribution in [0, 0.1) is 0 Å². The second kappa shape index (κ2) is 11.3. The summed E-state index contributed by atoms with van der Waals surface area (Å²) in [6.07, 6.45) is 1.47. The summed E-state index contributed by atoms with van der Waals surface area (Å²) in [4.78, 5) is 28.5. The fraction of sp³-hybridized carbons (Fsp3) is 0.280. The van der Waals surface area contributed by atoms with E-state index in [1.54, 1.807) is 43.5 Å². The number of amides is 2. The Labute approximate surface area is 202 Å². The van der Waals surface area contributed by atoms with Crippen LogP contribution in [-0.4, -0.2) is 53.7 Å². The first-order chi connectivity index (χ1) is 17.1. The maximum absolute atomic E-state index is 13.8. The van der Waals surface area contributed by atoms with E-state index in [0.29, 0.717) is 41.4 Å². The number of nitrogens with zero attached hydrogens (tertiary/aromatic N) is 4. The van der Waals surface area contributed by atoms with E-state index in [2.05, 4.69) is 15.6 Å². The van der Waals surface area contributed by atoms with Crippen LogP contribution in [-0.2, 0) is 20.9 Å². The lowest BCUT2D eigenvalue weighted by molar-refractivity contribution is -0.127. The summed E-state index contributed by atoms with van der Waals surface area (Å²) in [5.74, 6) is 0.214. The zero-order valence-corrected chi connectivity index (χ0v) is 19.6. The lowest BCUT2D eigenvalue weighted by Gasteiger charge is -2.30. The largest absolute Gasteiger partial charge is 0.494 e. The zero-order valence-electron chi connectivity index (χ0n) is 19.6. The highest BCUT2D eigenvalue weighted by Gasteiger charge is 2.35. The Hall–Kier alpha value is -4.18. The van der Waals surface area contributed by atoms with E-state index in [-0.39, 0.29) is 19.0 Å². The van der Waals surface area contributed by atoms with Crippen molar-refractivity contribution in [1.82, 2.24) is 20.3 Å². The molecule has 2 aromatic carbocycles. The molecule has 0 saturated heterocycles. The van der Waals surface area contributed by atoms with Crippen molar-refractivity contribution >= 4 is 28.5 Å². The highest BCUT2D eigenvalue weighted by molar-refractivity contribution is 6.01. The van der Waals surface area contributed by atoms with Crippen molar-refractivity contribution in [3.63, 3.8) is 0 Å². The van der Waals surface area contributed by atoms with E-state index < -0.39 is 11.9 Å². The van der Waals surface area contributed by atoms with Gasteiger partial charge in [0, 0.05) is 19.3 Å². The van der Waals surface area contributed by atoms with Gasteiger partial charge in [-0.05, 0) is 55.5 Å². The van der Waals surface area contributed by atoms with Crippen LogP contribution in [0.4, 0.5) is 5.69 Å². The van der Waals surface area contributed by atoms with Gasteiger partial charge in [-0.3, -0.25) is 14.5 Å². The van der Waals surface area contributed by atoms with Crippen molar-refractivity contribution in [2.24, 2.45) is 0 Å². The summed E-state index contributed by atoms with van der Waals surface area (Å²) in [5, 5.41) is 11.1. The molecule has 0 saturated carbocycles. The van der Waals surface area contributed by atoms with Gasteiger partial charge in [-0.2, -0.15) is 0 Å². The third kappa shape index (κ3) is 5.49. The maximum Gasteiger partial charge on any atom is 0.251 e. The second-order valence-electron chi connectivity index (χ2n) is 7.63. The van der Waals surface area contributed by atoms with Crippen LogP contribution >= 0.6 is 0 Å². The van der Waals surface area contributed by atoms with Gasteiger partial charge >= 0.3 is 0 Å². The SMILES string of the molecule is CCOc1ccc(N(C(=O)Cn2nnc3ccccc32)[C@H](C(=O)NCCOC)c2ccco2)cc1. The normalized spacial score (nSPS) is 11.8. The maximum atomic E-state index is 13.8. The van der Waals surface area contributed by atoms with E-state index in [1.807, 2.05) is 31.2 Å². The van der Waals surface area contributed by atoms with Crippen LogP contribution < -0.4 is 15.0 Å². The molecule has 10 nitrogen and oxygen atoms in total. The number of benzene rings is 2. The molecule has 0 fully saturated rings. The van der Waals surface area contributed by atoms with Gasteiger partial charge < -0.3 is 19.2 Å². The second-order valence-corrected chi connectivity index (χ2v) is 7.63. The van der Waals surface area contributed by atoms with Gasteiger partial charge in [0.2, 0.25) is 5.91 Å². The van der Waals surface area contributed by atoms with Crippen molar-refractivity contribution in [2.45, 2.75) is 19.5 Å². The molecule has 1 N–H and O–H groups in total. The minimum Gasteiger partial charge on any atom is -0.494 e. The molecule has 4 aromatic rings. The molecule has 35 heavy (non-hydrogen) atoms. The van der Waals surface area contributed by atoms with Crippen LogP contribution in [0.15, 0.2) is 71.3 Å². The zero-order chi connectivity index (χ0) is 24.6. The van der Waals surface area contributed by atoms with Crippen molar-refractivity contribution < 1.29 is 23.5 Å². The molecule has 2 amide bonds. The first kappa shape index (κ1) is 24.0. The Bertz CT molecular complexity index is 1250. The Morgan fingerprint density at radius 3 is 2.63 bits per heavy atom. The number of methoxy groups -OCH3 is 1. The van der Waals surface area contributed by atoms with Gasteiger partial charge in [0.25, 0.3) is 5.91 Å². The number of nitrogens with one attached hydrogen (secondary N) is 1. The number of para-hydroxylation sites is 1. The van der Waals surface area contributed by atoms with E-state index >= 15 is 0 Å². The molecule has 0 aliphatic heterocycles. The number of aromatic nitrogens is 3. The van der Waals surface area contributed by atoms with Crippen LogP contribution in [0.25, 0.3) is 11.0 Å². The number of anilines is 1. The van der Waals surface area contributed by atoms with Crippen LogP contribution in [0.2, 0.25) is 0 Å². The molecule has 2 heterocycles. The number of carbonyl (C=O) groups is 2. The highest BCUT2D eigenvalue weighted by atomic mass is 16.5. The fourth-order valence-corrected chi connectivity index (χ4v) is 3.74. The van der Waals surface area contributed by atoms with E-state index in [9.17, 15) is 9.59 Å². The smallest absolute Gasteiger partial charge is 0.251 e. The molecule has 10 heteroatoms. The van der Waals surface area contributed by atoms with E-state index in [4.69, 9.17) is 13.9 Å². The van der Waals surface area contributed by atoms with Gasteiger partial charge in [0.15, 0.2) is 6.04 Å². The molecule has 4 rings (SSSR count). The fourth-order valence-electron chi connectivity index (χ4n) is 3.74. The summed E-state index contributed by atoms with van der Waals surface area (Å²) < 4.78 is 17.7. The summed E-state index contributed by atoms with van der Waals surface area (Å²) in [7, 11) is 1.55. The Kier molecular flexibility index (Phi) is 7.74. The van der Waals surface area contributed by atoms with Gasteiger partial charge in [-0.15, -0.1) is 5.10 Å². The molecule has 1 atom stereocenters. The lowest BCUT2D eigenvalue weighted by Crippen LogP contribution is -2.45. The Balaban J connectivity index is 1.72. The number of fused-ring (bicyclic) bond motifs is 1. The van der Waals surface area contributed by atoms with Crippen molar-refractivity contribution in [3.8, 4) is 5.75 Å². The minimum absolute atomic E-state index is 0.129. The molecule has 0 bridgehead atoms. The Morgan fingerprint density at radius 2 is 1.91 bits per heavy atom. The first-order valence-electron chi connectivity index (χ1n) is 11.3. The predicted octanol–water partition coefficient (Wildman–Crippen LogP) is 2.96. The molecule has 0 spiro atoms. The summed E-state index contributed by atoms with van der Waals surface area (Å²) >= 11 is 0. The summed E-state index contributed by atoms with van der Waals surface area (Å²) in [6.45, 7) is 2.89. The van der Waals surface area contributed by atoms with Gasteiger partial charge in [-0.25, -0.2) is 4.68 Å². The van der Waals surface area contributed by atoms with E-state index in [0.717, 1.165) is 0 Å². The monoisotopic (exact) mass is 477 g/mol. The van der Waals surface area contributed by atoms with Crippen LogP contribution in [0.3, 0.4) is 0 Å². The topological polar surface area (TPSA) is 112 Å². The summed E-state index contributed by atoms with van der Waals surface area (Å²) in [5.41, 5.74) is 1.89. The lowest BCUT2D eigenvalue weighted by atomic mass is 10.1. The molecule has 0 aliphatic carbocycles. The van der Waals surface area contributed by atoms with Crippen molar-refractivity contribution in [1.29, 1.82) is 0 Å². The molecule has 0 unspecified atom stereocenters. The standard InChI is InChI=1S/C25H27N5O5/c1-3-34-19-12-10-18(11-13-19)30(23(31)17-29-21-8-5-4-7-20(21)27-28-29)24(22-9-6-15-35-22)25(32)26-14-16-33-2/h4-13,15,24H,3,14,16-17H2,1-2H3,(H,26,32)/t24-/m0/s1. The average Bonchev–Trinajstić information content (AvgIpc) is 3.54. The quantitative estimate of drug-likeness (QED) is 0.331. The number of ether oxygens (including phenoxy) is 2. The Morgan fingerprint density at radius 1 is 1.11 bits per heavy atom. The van der Waals surface area contributed by atoms with Crippen LogP contribution in [0.1, 0.15) is 18.7 Å². The highest BCUT2D eigenvalue weighted by Crippen LogP contribution is 2.30. The molecule has 0 radical (unpaired) electrons. The van der Waals surface area contributed by atoms with Gasteiger partial charge in [0.05, 0.1) is 25.0 Å². The third-order valence-corrected chi connectivity index (χ3v) is 5.32. The first-order valence-corrected chi connectivity index (χ1v) is 11.3. The molecular formula is C25H27N5O5. The van der Waals surface area contributed by atoms with Crippen LogP contribution in [0.5, 0.6) is 5.75 Å². The average molecular weight is 478 g/mol. The number of hydrogen-bond acceptors (Lipinski definition) is 7. The van der Waals surface area contributed by atoms with Crippen molar-refractivity contribution in [3.05, 3.63) is 72.7 Å². The molecular weight excluding hydrogens is 450 g/mol. The molecule has 0 aliphatic rings. The number of carbonyl (C=O) groups excluding carboxylic acids is 2. The minimum atomic E-state index is -1.05. The number of hydrogen-bond donors (Lipinski definition) is 1. The third-order valence-electron chi connectivity index (χ3n) is 5.32. The predicted molar refractivity (Wildman–Crippen MR) is 129 cm³/mol. The molecule has 2 aromatic heterocycles. The van der Waals surface area contributed by atoms with Gasteiger partial charge in [-0.1, -0.05) is 17.3 Å². The van der Waals surface area contributed by atoms with E-state index in [1.165, 1.54) is 15.8 Å². The molecule has 182 valence electrons. The summed E-state index contributed by atoms with van der Waals surface area (Å²) in [6, 6.07) is 16.6.